The third-order valence-electron chi connectivity index (χ3n) is 1.97. The topological polar surface area (TPSA) is 55.2 Å². The summed E-state index contributed by atoms with van der Waals surface area (Å²) in [6.45, 7) is 0.589. The van der Waals surface area contributed by atoms with E-state index >= 15 is 0 Å². The highest BCUT2D eigenvalue weighted by atomic mass is 35.5. The fourth-order valence-electron chi connectivity index (χ4n) is 1.22. The quantitative estimate of drug-likeness (QED) is 0.371. The smallest absolute Gasteiger partial charge is 0.292 e. The molecule has 4 nitrogen and oxygen atoms in total. The fourth-order valence-corrected chi connectivity index (χ4v) is 1.39. The maximum absolute atomic E-state index is 10.7. The van der Waals surface area contributed by atoms with Gasteiger partial charge in [-0.3, -0.25) is 10.1 Å². The number of nitro benzene ring substituents is 1. The normalized spacial score (nSPS) is 9.50. The maximum Gasteiger partial charge on any atom is 0.292 e. The van der Waals surface area contributed by atoms with Crippen LogP contribution in [-0.4, -0.2) is 11.5 Å². The van der Waals surface area contributed by atoms with Crippen molar-refractivity contribution in [2.75, 3.05) is 11.9 Å². The Hall–Kier alpha value is -1.73. The molecule has 0 bridgehead atoms. The number of nitrogens with zero attached hydrogens (tertiary/aromatic N) is 1. The lowest BCUT2D eigenvalue weighted by molar-refractivity contribution is -0.384. The van der Waals surface area contributed by atoms with E-state index in [0.29, 0.717) is 23.7 Å². The zero-order chi connectivity index (χ0) is 12.0. The van der Waals surface area contributed by atoms with Gasteiger partial charge in [0.15, 0.2) is 0 Å². The summed E-state index contributed by atoms with van der Waals surface area (Å²) in [6, 6.07) is 4.41. The molecule has 5 heteroatoms. The van der Waals surface area contributed by atoms with Crippen LogP contribution in [0.25, 0.3) is 0 Å². The lowest BCUT2D eigenvalue weighted by Crippen LogP contribution is -2.03. The van der Waals surface area contributed by atoms with Crippen LogP contribution in [0.3, 0.4) is 0 Å². The summed E-state index contributed by atoms with van der Waals surface area (Å²) >= 11 is 5.77. The van der Waals surface area contributed by atoms with Crippen LogP contribution in [0.5, 0.6) is 0 Å². The van der Waals surface area contributed by atoms with Gasteiger partial charge in [0.2, 0.25) is 0 Å². The minimum absolute atomic E-state index is 0.0186. The minimum Gasteiger partial charge on any atom is -0.379 e. The molecular weight excluding hydrogens is 228 g/mol. The molecule has 1 rings (SSSR count). The van der Waals surface area contributed by atoms with Gasteiger partial charge in [0.05, 0.1) is 4.92 Å². The second kappa shape index (κ2) is 5.99. The number of hydrogen-bond donors (Lipinski definition) is 1. The molecular formula is C11H11ClN2O2. The summed E-state index contributed by atoms with van der Waals surface area (Å²) in [5.74, 6) is 2.50. The average Bonchev–Trinajstić information content (AvgIpc) is 2.24. The molecule has 0 spiro atoms. The number of halogens is 1. The first-order chi connectivity index (χ1) is 7.65. The number of hydrogen-bond acceptors (Lipinski definition) is 3. The summed E-state index contributed by atoms with van der Waals surface area (Å²) in [7, 11) is 0. The van der Waals surface area contributed by atoms with Gasteiger partial charge in [-0.05, 0) is 18.6 Å². The number of terminal acetylenes is 1. The molecule has 0 aliphatic rings. The summed E-state index contributed by atoms with van der Waals surface area (Å²) in [5.41, 5.74) is 0.444. The van der Waals surface area contributed by atoms with Gasteiger partial charge in [-0.15, -0.1) is 12.3 Å². The van der Waals surface area contributed by atoms with Crippen molar-refractivity contribution in [3.8, 4) is 12.3 Å². The van der Waals surface area contributed by atoms with E-state index in [1.165, 1.54) is 18.2 Å². The monoisotopic (exact) mass is 238 g/mol. The molecule has 16 heavy (non-hydrogen) atoms. The molecule has 0 saturated heterocycles. The number of unbranched alkanes of at least 4 members (excludes halogenated alkanes) is 1. The summed E-state index contributed by atoms with van der Waals surface area (Å²) in [4.78, 5) is 10.3. The fraction of sp³-hybridized carbons (Fsp3) is 0.273. The highest BCUT2D eigenvalue weighted by Crippen LogP contribution is 2.27. The first kappa shape index (κ1) is 12.3. The molecule has 0 radical (unpaired) electrons. The van der Waals surface area contributed by atoms with Crippen molar-refractivity contribution < 1.29 is 4.92 Å². The van der Waals surface area contributed by atoms with E-state index in [9.17, 15) is 10.1 Å². The number of anilines is 1. The van der Waals surface area contributed by atoms with Crippen molar-refractivity contribution in [3.05, 3.63) is 33.3 Å². The van der Waals surface area contributed by atoms with Crippen LogP contribution in [0.1, 0.15) is 12.8 Å². The van der Waals surface area contributed by atoms with Crippen LogP contribution in [0.15, 0.2) is 18.2 Å². The van der Waals surface area contributed by atoms with Crippen molar-refractivity contribution in [2.24, 2.45) is 0 Å². The van der Waals surface area contributed by atoms with Gasteiger partial charge in [0, 0.05) is 24.1 Å². The molecule has 0 unspecified atom stereocenters. The molecule has 0 saturated carbocycles. The third-order valence-corrected chi connectivity index (χ3v) is 2.20. The molecule has 0 aromatic heterocycles. The zero-order valence-electron chi connectivity index (χ0n) is 8.57. The average molecular weight is 239 g/mol. The Balaban J connectivity index is 2.73. The molecule has 0 aliphatic heterocycles. The maximum atomic E-state index is 10.7. The zero-order valence-corrected chi connectivity index (χ0v) is 9.33. The molecule has 0 fully saturated rings. The molecule has 84 valence electrons. The van der Waals surface area contributed by atoms with Crippen molar-refractivity contribution in [1.29, 1.82) is 0 Å². The Morgan fingerprint density at radius 3 is 2.94 bits per heavy atom. The number of nitro groups is 1. The largest absolute Gasteiger partial charge is 0.379 e. The molecule has 1 N–H and O–H groups in total. The summed E-state index contributed by atoms with van der Waals surface area (Å²) in [6.07, 6.45) is 6.51. The standard InChI is InChI=1S/C11H11ClN2O2/c1-2-3-4-7-13-10-8-9(12)5-6-11(10)14(15)16/h1,5-6,8,13H,3-4,7H2. The molecule has 1 aromatic rings. The van der Waals surface area contributed by atoms with Gasteiger partial charge in [-0.1, -0.05) is 11.6 Å². The first-order valence-electron chi connectivity index (χ1n) is 4.76. The van der Waals surface area contributed by atoms with Gasteiger partial charge >= 0.3 is 0 Å². The van der Waals surface area contributed by atoms with Gasteiger partial charge in [-0.2, -0.15) is 0 Å². The van der Waals surface area contributed by atoms with Crippen LogP contribution in [0.4, 0.5) is 11.4 Å². The van der Waals surface area contributed by atoms with E-state index < -0.39 is 4.92 Å². The van der Waals surface area contributed by atoms with E-state index in [0.717, 1.165) is 6.42 Å². The van der Waals surface area contributed by atoms with E-state index in [1.54, 1.807) is 0 Å². The van der Waals surface area contributed by atoms with Crippen molar-refractivity contribution in [1.82, 2.24) is 0 Å². The van der Waals surface area contributed by atoms with Crippen LogP contribution in [0, 0.1) is 22.5 Å². The van der Waals surface area contributed by atoms with Crippen LogP contribution in [-0.2, 0) is 0 Å². The highest BCUT2D eigenvalue weighted by molar-refractivity contribution is 6.31. The van der Waals surface area contributed by atoms with Crippen LogP contribution in [0.2, 0.25) is 5.02 Å². The van der Waals surface area contributed by atoms with Crippen LogP contribution >= 0.6 is 11.6 Å². The molecule has 1 aromatic carbocycles. The molecule has 0 heterocycles. The second-order valence-electron chi connectivity index (χ2n) is 3.15. The van der Waals surface area contributed by atoms with E-state index in [-0.39, 0.29) is 5.69 Å². The van der Waals surface area contributed by atoms with Gasteiger partial charge in [0.25, 0.3) is 5.69 Å². The SMILES string of the molecule is C#CCCCNc1cc(Cl)ccc1[N+](=O)[O-]. The molecule has 0 amide bonds. The number of benzene rings is 1. The van der Waals surface area contributed by atoms with Crippen LogP contribution < -0.4 is 5.32 Å². The Morgan fingerprint density at radius 2 is 2.31 bits per heavy atom. The Kier molecular flexibility index (Phi) is 4.62. The minimum atomic E-state index is -0.445. The lowest BCUT2D eigenvalue weighted by atomic mass is 10.2. The number of rotatable bonds is 5. The Labute approximate surface area is 98.8 Å². The summed E-state index contributed by atoms with van der Waals surface area (Å²) in [5, 5.41) is 14.1. The lowest BCUT2D eigenvalue weighted by Gasteiger charge is -2.06. The van der Waals surface area contributed by atoms with Gasteiger partial charge < -0.3 is 5.32 Å². The highest BCUT2D eigenvalue weighted by Gasteiger charge is 2.12. The predicted octanol–water partition coefficient (Wildman–Crippen LogP) is 3.07. The third kappa shape index (κ3) is 3.44. The summed E-state index contributed by atoms with van der Waals surface area (Å²) < 4.78 is 0. The van der Waals surface area contributed by atoms with E-state index in [2.05, 4.69) is 11.2 Å². The Bertz CT molecular complexity index is 426. The predicted molar refractivity (Wildman–Crippen MR) is 64.7 cm³/mol. The molecule has 0 aliphatic carbocycles. The van der Waals surface area contributed by atoms with Gasteiger partial charge in [-0.25, -0.2) is 0 Å². The first-order valence-corrected chi connectivity index (χ1v) is 5.14. The van der Waals surface area contributed by atoms with E-state index in [1.807, 2.05) is 0 Å². The number of nitrogens with one attached hydrogen (secondary N) is 1. The second-order valence-corrected chi connectivity index (χ2v) is 3.59. The van der Waals surface area contributed by atoms with Crippen molar-refractivity contribution in [3.63, 3.8) is 0 Å². The van der Waals surface area contributed by atoms with Crippen molar-refractivity contribution >= 4 is 23.0 Å². The van der Waals surface area contributed by atoms with E-state index in [4.69, 9.17) is 18.0 Å². The van der Waals surface area contributed by atoms with Crippen molar-refractivity contribution in [2.45, 2.75) is 12.8 Å². The molecule has 0 atom stereocenters. The Morgan fingerprint density at radius 1 is 1.56 bits per heavy atom. The van der Waals surface area contributed by atoms with Gasteiger partial charge in [0.1, 0.15) is 5.69 Å².